The number of ether oxygens (including phenoxy) is 1. The molecule has 4 nitrogen and oxygen atoms in total. The molecule has 0 N–H and O–H groups in total. The van der Waals surface area contributed by atoms with Gasteiger partial charge >= 0.3 is 0 Å². The van der Waals surface area contributed by atoms with Crippen LogP contribution in [0.15, 0.2) is 30.6 Å². The summed E-state index contributed by atoms with van der Waals surface area (Å²) in [6, 6.07) is 8.73. The summed E-state index contributed by atoms with van der Waals surface area (Å²) in [7, 11) is 0. The van der Waals surface area contributed by atoms with Crippen LogP contribution in [-0.2, 0) is 0 Å². The highest BCUT2D eigenvalue weighted by Gasteiger charge is 2.04. The van der Waals surface area contributed by atoms with Crippen molar-refractivity contribution >= 4 is 11.6 Å². The Kier molecular flexibility index (Phi) is 3.22. The number of aromatic nitrogens is 2. The van der Waals surface area contributed by atoms with Gasteiger partial charge in [0.1, 0.15) is 23.8 Å². The van der Waals surface area contributed by atoms with Crippen LogP contribution in [0, 0.1) is 18.3 Å². The van der Waals surface area contributed by atoms with E-state index in [1.807, 2.05) is 19.1 Å². The summed E-state index contributed by atoms with van der Waals surface area (Å²) in [5, 5.41) is 9.29. The molecule has 2 rings (SSSR count). The number of benzene rings is 1. The molecule has 0 atom stereocenters. The van der Waals surface area contributed by atoms with Crippen LogP contribution < -0.4 is 4.74 Å². The van der Waals surface area contributed by atoms with Gasteiger partial charge in [0, 0.05) is 11.1 Å². The van der Waals surface area contributed by atoms with Crippen molar-refractivity contribution in [1.29, 1.82) is 5.26 Å². The standard InChI is InChI=1S/C12H8ClN3O/c1-8-2-3-9(13)4-11(8)17-12-5-10(6-14)15-7-16-12/h2-5,7H,1H3. The van der Waals surface area contributed by atoms with Crippen LogP contribution >= 0.6 is 11.6 Å². The lowest BCUT2D eigenvalue weighted by atomic mass is 10.2. The van der Waals surface area contributed by atoms with Gasteiger partial charge in [0.2, 0.25) is 5.88 Å². The number of hydrogen-bond acceptors (Lipinski definition) is 4. The Bertz CT molecular complexity index is 593. The normalized spacial score (nSPS) is 9.71. The highest BCUT2D eigenvalue weighted by Crippen LogP contribution is 2.26. The highest BCUT2D eigenvalue weighted by atomic mass is 35.5. The first-order chi connectivity index (χ1) is 8.19. The van der Waals surface area contributed by atoms with Crippen LogP contribution in [-0.4, -0.2) is 9.97 Å². The first-order valence-electron chi connectivity index (χ1n) is 4.85. The Labute approximate surface area is 103 Å². The predicted molar refractivity (Wildman–Crippen MR) is 63.0 cm³/mol. The molecule has 0 aliphatic rings. The molecule has 84 valence electrons. The molecule has 1 heterocycles. The van der Waals surface area contributed by atoms with Gasteiger partial charge < -0.3 is 4.74 Å². The Hall–Kier alpha value is -2.12. The summed E-state index contributed by atoms with van der Waals surface area (Å²) in [5.74, 6) is 0.932. The average molecular weight is 246 g/mol. The SMILES string of the molecule is Cc1ccc(Cl)cc1Oc1cc(C#N)ncn1. The van der Waals surface area contributed by atoms with Crippen LogP contribution in [0.5, 0.6) is 11.6 Å². The van der Waals surface area contributed by atoms with Gasteiger partial charge in [-0.3, -0.25) is 0 Å². The van der Waals surface area contributed by atoms with Crippen molar-refractivity contribution in [3.05, 3.63) is 46.9 Å². The molecular weight excluding hydrogens is 238 g/mol. The van der Waals surface area contributed by atoms with Gasteiger partial charge in [0.15, 0.2) is 0 Å². The molecule has 0 amide bonds. The first kappa shape index (κ1) is 11.4. The fourth-order valence-corrected chi connectivity index (χ4v) is 1.42. The quantitative estimate of drug-likeness (QED) is 0.816. The van der Waals surface area contributed by atoms with E-state index in [2.05, 4.69) is 9.97 Å². The maximum Gasteiger partial charge on any atom is 0.223 e. The summed E-state index contributed by atoms with van der Waals surface area (Å²) in [6.45, 7) is 1.90. The van der Waals surface area contributed by atoms with E-state index in [9.17, 15) is 0 Å². The molecule has 0 saturated carbocycles. The second-order valence-corrected chi connectivity index (χ2v) is 3.80. The molecule has 0 aliphatic heterocycles. The highest BCUT2D eigenvalue weighted by molar-refractivity contribution is 6.30. The molecule has 0 saturated heterocycles. The summed E-state index contributed by atoms with van der Waals surface area (Å²) < 4.78 is 5.55. The zero-order valence-electron chi connectivity index (χ0n) is 9.01. The fourth-order valence-electron chi connectivity index (χ4n) is 1.25. The van der Waals surface area contributed by atoms with E-state index in [4.69, 9.17) is 21.6 Å². The molecule has 0 bridgehead atoms. The lowest BCUT2D eigenvalue weighted by molar-refractivity contribution is 0.458. The van der Waals surface area contributed by atoms with E-state index in [0.29, 0.717) is 16.7 Å². The van der Waals surface area contributed by atoms with Gasteiger partial charge in [-0.15, -0.1) is 0 Å². The van der Waals surface area contributed by atoms with Gasteiger partial charge in [-0.25, -0.2) is 9.97 Å². The van der Waals surface area contributed by atoms with Crippen molar-refractivity contribution in [3.63, 3.8) is 0 Å². The second-order valence-electron chi connectivity index (χ2n) is 3.37. The summed E-state index contributed by atoms with van der Waals surface area (Å²) >= 11 is 5.88. The van der Waals surface area contributed by atoms with Crippen LogP contribution in [0.4, 0.5) is 0 Å². The average Bonchev–Trinajstić information content (AvgIpc) is 2.34. The van der Waals surface area contributed by atoms with E-state index >= 15 is 0 Å². The Morgan fingerprint density at radius 1 is 1.29 bits per heavy atom. The van der Waals surface area contributed by atoms with Crippen LogP contribution in [0.1, 0.15) is 11.3 Å². The van der Waals surface area contributed by atoms with Gasteiger partial charge in [0.05, 0.1) is 0 Å². The molecular formula is C12H8ClN3O. The molecule has 2 aromatic rings. The van der Waals surface area contributed by atoms with Crippen molar-refractivity contribution in [2.24, 2.45) is 0 Å². The molecule has 0 aliphatic carbocycles. The number of aryl methyl sites for hydroxylation is 1. The van der Waals surface area contributed by atoms with Crippen molar-refractivity contribution in [2.45, 2.75) is 6.92 Å². The summed E-state index contributed by atoms with van der Waals surface area (Å²) in [6.07, 6.45) is 1.29. The van der Waals surface area contributed by atoms with Gasteiger partial charge in [0.25, 0.3) is 0 Å². The Morgan fingerprint density at radius 2 is 2.12 bits per heavy atom. The van der Waals surface area contributed by atoms with Crippen LogP contribution in [0.25, 0.3) is 0 Å². The molecule has 0 spiro atoms. The van der Waals surface area contributed by atoms with Gasteiger partial charge in [-0.05, 0) is 24.6 Å². The minimum Gasteiger partial charge on any atom is -0.439 e. The number of rotatable bonds is 2. The molecule has 0 radical (unpaired) electrons. The monoisotopic (exact) mass is 245 g/mol. The minimum atomic E-state index is 0.259. The summed E-state index contributed by atoms with van der Waals surface area (Å²) in [5.41, 5.74) is 1.20. The van der Waals surface area contributed by atoms with Crippen molar-refractivity contribution in [1.82, 2.24) is 9.97 Å². The zero-order chi connectivity index (χ0) is 12.3. The second kappa shape index (κ2) is 4.81. The lowest BCUT2D eigenvalue weighted by Crippen LogP contribution is -1.92. The van der Waals surface area contributed by atoms with E-state index in [1.54, 1.807) is 12.1 Å². The number of nitriles is 1. The van der Waals surface area contributed by atoms with Gasteiger partial charge in [-0.2, -0.15) is 5.26 Å². The van der Waals surface area contributed by atoms with Crippen molar-refractivity contribution in [3.8, 4) is 17.7 Å². The molecule has 0 fully saturated rings. The van der Waals surface area contributed by atoms with E-state index in [0.717, 1.165) is 5.56 Å². The maximum atomic E-state index is 8.71. The number of halogens is 1. The molecule has 0 unspecified atom stereocenters. The lowest BCUT2D eigenvalue weighted by Gasteiger charge is -2.07. The third-order valence-electron chi connectivity index (χ3n) is 2.12. The maximum absolute atomic E-state index is 8.71. The molecule has 1 aromatic carbocycles. The minimum absolute atomic E-state index is 0.259. The first-order valence-corrected chi connectivity index (χ1v) is 5.23. The van der Waals surface area contributed by atoms with Gasteiger partial charge in [-0.1, -0.05) is 17.7 Å². The van der Waals surface area contributed by atoms with E-state index in [-0.39, 0.29) is 5.69 Å². The van der Waals surface area contributed by atoms with E-state index < -0.39 is 0 Å². The van der Waals surface area contributed by atoms with E-state index in [1.165, 1.54) is 12.4 Å². The fraction of sp³-hybridized carbons (Fsp3) is 0.0833. The Morgan fingerprint density at radius 3 is 2.88 bits per heavy atom. The molecule has 5 heteroatoms. The smallest absolute Gasteiger partial charge is 0.223 e. The zero-order valence-corrected chi connectivity index (χ0v) is 9.77. The number of hydrogen-bond donors (Lipinski definition) is 0. The third kappa shape index (κ3) is 2.71. The van der Waals surface area contributed by atoms with Crippen LogP contribution in [0.2, 0.25) is 5.02 Å². The van der Waals surface area contributed by atoms with Crippen LogP contribution in [0.3, 0.4) is 0 Å². The number of nitrogens with zero attached hydrogens (tertiary/aromatic N) is 3. The third-order valence-corrected chi connectivity index (χ3v) is 2.36. The van der Waals surface area contributed by atoms with Crippen molar-refractivity contribution < 1.29 is 4.74 Å². The summed E-state index contributed by atoms with van der Waals surface area (Å²) in [4.78, 5) is 7.69. The Balaban J connectivity index is 2.31. The largest absolute Gasteiger partial charge is 0.439 e. The predicted octanol–water partition coefficient (Wildman–Crippen LogP) is 3.10. The van der Waals surface area contributed by atoms with Crippen molar-refractivity contribution in [2.75, 3.05) is 0 Å². The topological polar surface area (TPSA) is 58.8 Å². The molecule has 1 aromatic heterocycles. The molecule has 17 heavy (non-hydrogen) atoms.